The van der Waals surface area contributed by atoms with Crippen LogP contribution >= 0.6 is 0 Å². The highest BCUT2D eigenvalue weighted by atomic mass is 15.2. The van der Waals surface area contributed by atoms with Crippen molar-refractivity contribution in [1.29, 1.82) is 5.26 Å². The van der Waals surface area contributed by atoms with Gasteiger partial charge in [-0.25, -0.2) is 4.98 Å². The molecule has 0 saturated carbocycles. The first kappa shape index (κ1) is 17.6. The van der Waals surface area contributed by atoms with Crippen LogP contribution in [0.25, 0.3) is 66.0 Å². The first-order valence-electron chi connectivity index (χ1n) is 11.3. The van der Waals surface area contributed by atoms with Gasteiger partial charge in [0.05, 0.1) is 39.2 Å². The summed E-state index contributed by atoms with van der Waals surface area (Å²) < 4.78 is 4.58. The van der Waals surface area contributed by atoms with Crippen LogP contribution in [0.15, 0.2) is 97.1 Å². The summed E-state index contributed by atoms with van der Waals surface area (Å²) in [6.07, 6.45) is 0. The Morgan fingerprint density at radius 1 is 0.618 bits per heavy atom. The van der Waals surface area contributed by atoms with Crippen molar-refractivity contribution < 1.29 is 0 Å². The predicted octanol–water partition coefficient (Wildman–Crippen LogP) is 7.18. The summed E-state index contributed by atoms with van der Waals surface area (Å²) >= 11 is 0. The van der Waals surface area contributed by atoms with E-state index in [9.17, 15) is 5.26 Å². The normalized spacial score (nSPS) is 12.1. The maximum Gasteiger partial charge on any atom is 0.220 e. The van der Waals surface area contributed by atoms with Crippen molar-refractivity contribution in [2.45, 2.75) is 0 Å². The van der Waals surface area contributed by atoms with Gasteiger partial charge in [0.1, 0.15) is 0 Å². The Hall–Kier alpha value is -4.88. The molecule has 8 rings (SSSR count). The molecule has 0 fully saturated rings. The van der Waals surface area contributed by atoms with Gasteiger partial charge in [0.25, 0.3) is 0 Å². The fraction of sp³-hybridized carbons (Fsp3) is 0. The van der Waals surface area contributed by atoms with Crippen LogP contribution < -0.4 is 0 Å². The Bertz CT molecular complexity index is 2140. The fourth-order valence-corrected chi connectivity index (χ4v) is 5.52. The molecule has 4 heteroatoms. The lowest BCUT2D eigenvalue weighted by Gasteiger charge is -2.05. The molecule has 4 nitrogen and oxygen atoms in total. The molecule has 0 radical (unpaired) electrons. The Labute approximate surface area is 193 Å². The molecule has 0 aliphatic rings. The summed E-state index contributed by atoms with van der Waals surface area (Å²) in [5.41, 5.74) is 8.34. The van der Waals surface area contributed by atoms with Gasteiger partial charge in [0, 0.05) is 10.8 Å². The van der Waals surface area contributed by atoms with Crippen LogP contribution in [0, 0.1) is 11.3 Å². The van der Waals surface area contributed by atoms with Crippen molar-refractivity contribution in [2.75, 3.05) is 0 Å². The minimum Gasteiger partial charge on any atom is -0.277 e. The quantitative estimate of drug-likeness (QED) is 0.276. The maximum atomic E-state index is 9.45. The lowest BCUT2D eigenvalue weighted by atomic mass is 9.99. The molecular formula is C30H16N4. The highest BCUT2D eigenvalue weighted by Crippen LogP contribution is 2.40. The lowest BCUT2D eigenvalue weighted by molar-refractivity contribution is 1.22. The molecule has 0 bridgehead atoms. The third kappa shape index (κ3) is 2.13. The van der Waals surface area contributed by atoms with Crippen molar-refractivity contribution >= 4 is 54.9 Å². The average molecular weight is 432 g/mol. The predicted molar refractivity (Wildman–Crippen MR) is 138 cm³/mol. The average Bonchev–Trinajstić information content (AvgIpc) is 3.52. The summed E-state index contributed by atoms with van der Waals surface area (Å²) in [5, 5.41) is 14.3. The van der Waals surface area contributed by atoms with E-state index in [0.29, 0.717) is 5.56 Å². The maximum absolute atomic E-state index is 9.45. The van der Waals surface area contributed by atoms with Crippen LogP contribution in [0.4, 0.5) is 0 Å². The van der Waals surface area contributed by atoms with Crippen LogP contribution in [-0.4, -0.2) is 13.8 Å². The minimum atomic E-state index is 0.663. The standard InChI is InChI=1S/C30H16N4/c31-17-18-6-5-9-19(12-18)22-14-24-23-13-20-7-1-2-8-21(20)15-27(23)34-29(24)28(16-22)33-26-11-4-3-10-25(26)32-30(33)34/h1-16H. The summed E-state index contributed by atoms with van der Waals surface area (Å²) in [7, 11) is 0. The van der Waals surface area contributed by atoms with Gasteiger partial charge in [-0.1, -0.05) is 48.5 Å². The largest absolute Gasteiger partial charge is 0.277 e. The number of hydrogen-bond acceptors (Lipinski definition) is 2. The number of benzene rings is 5. The zero-order chi connectivity index (χ0) is 22.4. The summed E-state index contributed by atoms with van der Waals surface area (Å²) in [6, 6.07) is 36.0. The van der Waals surface area contributed by atoms with Crippen LogP contribution in [0.5, 0.6) is 0 Å². The monoisotopic (exact) mass is 432 g/mol. The molecule has 0 spiro atoms. The highest BCUT2D eigenvalue weighted by Gasteiger charge is 2.22. The van der Waals surface area contributed by atoms with Crippen LogP contribution in [0.2, 0.25) is 0 Å². The van der Waals surface area contributed by atoms with Gasteiger partial charge in [-0.15, -0.1) is 0 Å². The first-order valence-corrected chi connectivity index (χ1v) is 11.3. The molecule has 156 valence electrons. The highest BCUT2D eigenvalue weighted by molar-refractivity contribution is 6.19. The fourth-order valence-electron chi connectivity index (χ4n) is 5.52. The van der Waals surface area contributed by atoms with E-state index in [4.69, 9.17) is 4.98 Å². The smallest absolute Gasteiger partial charge is 0.220 e. The number of fused-ring (bicyclic) bond motifs is 9. The number of imidazole rings is 2. The Balaban J connectivity index is 1.64. The van der Waals surface area contributed by atoms with Gasteiger partial charge >= 0.3 is 0 Å². The summed E-state index contributed by atoms with van der Waals surface area (Å²) in [5.74, 6) is 0.925. The topological polar surface area (TPSA) is 45.5 Å². The first-order chi connectivity index (χ1) is 16.8. The Morgan fingerprint density at radius 3 is 2.32 bits per heavy atom. The van der Waals surface area contributed by atoms with E-state index >= 15 is 0 Å². The van der Waals surface area contributed by atoms with Gasteiger partial charge in [-0.2, -0.15) is 5.26 Å². The van der Waals surface area contributed by atoms with Crippen molar-refractivity contribution in [1.82, 2.24) is 13.8 Å². The number of hydrogen-bond donors (Lipinski definition) is 0. The molecule has 8 aromatic rings. The van der Waals surface area contributed by atoms with Crippen molar-refractivity contribution in [2.24, 2.45) is 0 Å². The van der Waals surface area contributed by atoms with E-state index in [1.807, 2.05) is 24.3 Å². The van der Waals surface area contributed by atoms with E-state index < -0.39 is 0 Å². The minimum absolute atomic E-state index is 0.663. The second kappa shape index (κ2) is 6.12. The number of nitriles is 1. The molecule has 0 amide bonds. The molecule has 3 aromatic heterocycles. The SMILES string of the molecule is N#Cc1cccc(-c2cc3c4cc5ccccc5cc4n4c3c(c2)n2c3ccccc3nc24)c1. The number of rotatable bonds is 1. The molecule has 0 N–H and O–H groups in total. The number of para-hydroxylation sites is 2. The zero-order valence-corrected chi connectivity index (χ0v) is 18.0. The summed E-state index contributed by atoms with van der Waals surface area (Å²) in [4.78, 5) is 5.05. The van der Waals surface area contributed by atoms with Crippen molar-refractivity contribution in [3.05, 3.63) is 103 Å². The third-order valence-corrected chi connectivity index (χ3v) is 7.02. The Kier molecular flexibility index (Phi) is 3.18. The van der Waals surface area contributed by atoms with E-state index in [0.717, 1.165) is 39.0 Å². The van der Waals surface area contributed by atoms with E-state index in [1.165, 1.54) is 27.1 Å². The molecule has 0 aliphatic heterocycles. The Morgan fingerprint density at radius 2 is 1.44 bits per heavy atom. The van der Waals surface area contributed by atoms with Gasteiger partial charge < -0.3 is 0 Å². The second-order valence-electron chi connectivity index (χ2n) is 8.87. The molecule has 0 saturated heterocycles. The van der Waals surface area contributed by atoms with Crippen molar-refractivity contribution in [3.63, 3.8) is 0 Å². The molecule has 0 aliphatic carbocycles. The van der Waals surface area contributed by atoms with E-state index in [-0.39, 0.29) is 0 Å². The molecule has 3 heterocycles. The van der Waals surface area contributed by atoms with Crippen LogP contribution in [-0.2, 0) is 0 Å². The van der Waals surface area contributed by atoms with Gasteiger partial charge in [0.15, 0.2) is 0 Å². The van der Waals surface area contributed by atoms with Crippen molar-refractivity contribution in [3.8, 4) is 17.2 Å². The van der Waals surface area contributed by atoms with E-state index in [1.54, 1.807) is 0 Å². The molecule has 0 unspecified atom stereocenters. The van der Waals surface area contributed by atoms with Crippen LogP contribution in [0.3, 0.4) is 0 Å². The van der Waals surface area contributed by atoms with Gasteiger partial charge in [-0.3, -0.25) is 8.80 Å². The molecular weight excluding hydrogens is 416 g/mol. The number of nitrogens with zero attached hydrogens (tertiary/aromatic N) is 4. The molecule has 5 aromatic carbocycles. The van der Waals surface area contributed by atoms with Gasteiger partial charge in [-0.05, 0) is 70.4 Å². The molecule has 0 atom stereocenters. The second-order valence-corrected chi connectivity index (χ2v) is 8.87. The summed E-state index contributed by atoms with van der Waals surface area (Å²) in [6.45, 7) is 0. The zero-order valence-electron chi connectivity index (χ0n) is 18.0. The van der Waals surface area contributed by atoms with Gasteiger partial charge in [0.2, 0.25) is 5.78 Å². The third-order valence-electron chi connectivity index (χ3n) is 7.02. The number of aromatic nitrogens is 3. The van der Waals surface area contributed by atoms with Crippen LogP contribution in [0.1, 0.15) is 5.56 Å². The molecule has 34 heavy (non-hydrogen) atoms. The van der Waals surface area contributed by atoms with E-state index in [2.05, 4.69) is 87.7 Å². The lowest BCUT2D eigenvalue weighted by Crippen LogP contribution is -1.85.